The fourth-order valence-electron chi connectivity index (χ4n) is 4.87. The third-order valence-corrected chi connectivity index (χ3v) is 7.02. The van der Waals surface area contributed by atoms with Crippen molar-refractivity contribution in [2.24, 2.45) is 0 Å². The van der Waals surface area contributed by atoms with Crippen molar-refractivity contribution < 1.29 is 18.7 Å². The predicted octanol–water partition coefficient (Wildman–Crippen LogP) is 3.96. The zero-order valence-electron chi connectivity index (χ0n) is 18.4. The molecule has 1 aliphatic carbocycles. The molecule has 3 aromatic rings. The SMILES string of the molecule is Nc1cc(OC2CC2)ccc1C(=O)N1CCC(c2c(F)cnc3[nH]c(C4COC4)cc23)CC1. The molecule has 1 aromatic carbocycles. The van der Waals surface area contributed by atoms with Crippen LogP contribution in [0.5, 0.6) is 5.75 Å². The maximum absolute atomic E-state index is 14.9. The lowest BCUT2D eigenvalue weighted by molar-refractivity contribution is 0.00699. The highest BCUT2D eigenvalue weighted by Crippen LogP contribution is 2.37. The molecule has 33 heavy (non-hydrogen) atoms. The minimum atomic E-state index is -0.279. The lowest BCUT2D eigenvalue weighted by Gasteiger charge is -2.33. The van der Waals surface area contributed by atoms with Crippen molar-refractivity contribution >= 4 is 22.6 Å². The van der Waals surface area contributed by atoms with E-state index >= 15 is 0 Å². The molecule has 172 valence electrons. The number of hydrogen-bond donors (Lipinski definition) is 2. The van der Waals surface area contributed by atoms with Crippen LogP contribution in [0.2, 0.25) is 0 Å². The summed E-state index contributed by atoms with van der Waals surface area (Å²) in [7, 11) is 0. The fraction of sp³-hybridized carbons (Fsp3) is 0.440. The summed E-state index contributed by atoms with van der Waals surface area (Å²) in [4.78, 5) is 22.5. The van der Waals surface area contributed by atoms with Crippen LogP contribution in [0.25, 0.3) is 11.0 Å². The van der Waals surface area contributed by atoms with E-state index in [4.69, 9.17) is 15.2 Å². The number of aromatic amines is 1. The van der Waals surface area contributed by atoms with E-state index in [0.717, 1.165) is 23.9 Å². The predicted molar refractivity (Wildman–Crippen MR) is 122 cm³/mol. The van der Waals surface area contributed by atoms with Crippen LogP contribution in [0.4, 0.5) is 10.1 Å². The van der Waals surface area contributed by atoms with Crippen LogP contribution in [0.1, 0.15) is 59.1 Å². The highest BCUT2D eigenvalue weighted by atomic mass is 19.1. The molecule has 2 aromatic heterocycles. The van der Waals surface area contributed by atoms with Gasteiger partial charge >= 0.3 is 0 Å². The highest BCUT2D eigenvalue weighted by molar-refractivity contribution is 5.99. The number of pyridine rings is 1. The van der Waals surface area contributed by atoms with E-state index < -0.39 is 0 Å². The number of nitrogen functional groups attached to an aromatic ring is 1. The van der Waals surface area contributed by atoms with Crippen molar-refractivity contribution in [1.82, 2.24) is 14.9 Å². The number of halogens is 1. The van der Waals surface area contributed by atoms with Gasteiger partial charge in [0.2, 0.25) is 0 Å². The topological polar surface area (TPSA) is 93.5 Å². The van der Waals surface area contributed by atoms with Gasteiger partial charge in [-0.05, 0) is 49.8 Å². The van der Waals surface area contributed by atoms with Crippen LogP contribution in [0.15, 0.2) is 30.5 Å². The summed E-state index contributed by atoms with van der Waals surface area (Å²) in [5, 5.41) is 0.845. The number of nitrogens with two attached hydrogens (primary N) is 1. The standard InChI is InChI=1S/C25H27FN4O3/c26-20-11-28-24-19(10-22(29-24)15-12-32-13-15)23(20)14-5-7-30(8-6-14)25(31)18-4-3-17(9-21(18)27)33-16-1-2-16/h3-4,9-11,14-16H,1-2,5-8,12-13,27H2,(H,28,29). The summed E-state index contributed by atoms with van der Waals surface area (Å²) in [6, 6.07) is 7.32. The maximum atomic E-state index is 14.9. The van der Waals surface area contributed by atoms with E-state index in [1.54, 1.807) is 12.1 Å². The number of likely N-dealkylation sites (tertiary alicyclic amines) is 1. The number of rotatable bonds is 5. The second-order valence-electron chi connectivity index (χ2n) is 9.37. The van der Waals surface area contributed by atoms with E-state index in [1.165, 1.54) is 6.20 Å². The average molecular weight is 451 g/mol. The zero-order chi connectivity index (χ0) is 22.5. The number of benzene rings is 1. The fourth-order valence-corrected chi connectivity index (χ4v) is 4.87. The summed E-state index contributed by atoms with van der Waals surface area (Å²) in [6.45, 7) is 2.48. The van der Waals surface area contributed by atoms with Crippen molar-refractivity contribution in [3.8, 4) is 5.75 Å². The first kappa shape index (κ1) is 20.5. The number of ether oxygens (including phenoxy) is 2. The smallest absolute Gasteiger partial charge is 0.255 e. The lowest BCUT2D eigenvalue weighted by atomic mass is 9.87. The van der Waals surface area contributed by atoms with Gasteiger partial charge in [-0.2, -0.15) is 0 Å². The number of carbonyl (C=O) groups excluding carboxylic acids is 1. The third kappa shape index (κ3) is 3.82. The van der Waals surface area contributed by atoms with Crippen LogP contribution < -0.4 is 10.5 Å². The number of anilines is 1. The number of nitrogens with zero attached hydrogens (tertiary/aromatic N) is 2. The Labute approximate surface area is 191 Å². The summed E-state index contributed by atoms with van der Waals surface area (Å²) in [6.07, 6.45) is 5.11. The molecule has 0 spiro atoms. The Bertz CT molecular complexity index is 1210. The van der Waals surface area contributed by atoms with Gasteiger partial charge in [-0.3, -0.25) is 4.79 Å². The number of carbonyl (C=O) groups is 1. The minimum Gasteiger partial charge on any atom is -0.490 e. The second kappa shape index (κ2) is 8.02. The molecule has 0 atom stereocenters. The average Bonchev–Trinajstić information content (AvgIpc) is 3.49. The molecule has 0 bridgehead atoms. The summed E-state index contributed by atoms with van der Waals surface area (Å²) in [5.41, 5.74) is 9.57. The summed E-state index contributed by atoms with van der Waals surface area (Å²) < 4.78 is 26.0. The number of H-pyrrole nitrogens is 1. The molecular formula is C25H27FN4O3. The van der Waals surface area contributed by atoms with Crippen molar-refractivity contribution in [3.63, 3.8) is 0 Å². The van der Waals surface area contributed by atoms with Crippen LogP contribution in [-0.2, 0) is 4.74 Å². The molecule has 0 radical (unpaired) electrons. The first-order valence-corrected chi connectivity index (χ1v) is 11.7. The van der Waals surface area contributed by atoms with E-state index in [-0.39, 0.29) is 23.7 Å². The van der Waals surface area contributed by atoms with Gasteiger partial charge in [-0.15, -0.1) is 0 Å². The van der Waals surface area contributed by atoms with E-state index in [0.29, 0.717) is 73.3 Å². The Morgan fingerprint density at radius 1 is 1.15 bits per heavy atom. The normalized spacial score (nSPS) is 19.6. The summed E-state index contributed by atoms with van der Waals surface area (Å²) >= 11 is 0. The Kier molecular flexibility index (Phi) is 4.98. The number of aromatic nitrogens is 2. The molecule has 2 saturated heterocycles. The molecular weight excluding hydrogens is 423 g/mol. The Morgan fingerprint density at radius 3 is 2.61 bits per heavy atom. The molecule has 1 amide bonds. The number of nitrogens with one attached hydrogen (secondary N) is 1. The van der Waals surface area contributed by atoms with Crippen LogP contribution in [-0.4, -0.2) is 53.2 Å². The molecule has 3 fully saturated rings. The van der Waals surface area contributed by atoms with E-state index in [9.17, 15) is 9.18 Å². The maximum Gasteiger partial charge on any atom is 0.255 e. The molecule has 1 saturated carbocycles. The van der Waals surface area contributed by atoms with Gasteiger partial charge in [0, 0.05) is 47.4 Å². The van der Waals surface area contributed by atoms with Gasteiger partial charge in [0.25, 0.3) is 5.91 Å². The second-order valence-corrected chi connectivity index (χ2v) is 9.37. The zero-order valence-corrected chi connectivity index (χ0v) is 18.4. The van der Waals surface area contributed by atoms with Crippen LogP contribution in [0.3, 0.4) is 0 Å². The van der Waals surface area contributed by atoms with Crippen LogP contribution in [0, 0.1) is 5.82 Å². The van der Waals surface area contributed by atoms with Crippen LogP contribution >= 0.6 is 0 Å². The van der Waals surface area contributed by atoms with Crippen molar-refractivity contribution in [1.29, 1.82) is 0 Å². The van der Waals surface area contributed by atoms with Gasteiger partial charge in [0.1, 0.15) is 17.2 Å². The van der Waals surface area contributed by atoms with Crippen molar-refractivity contribution in [2.75, 3.05) is 32.0 Å². The van der Waals surface area contributed by atoms with Gasteiger partial charge in [0.15, 0.2) is 0 Å². The molecule has 3 N–H and O–H groups in total. The highest BCUT2D eigenvalue weighted by Gasteiger charge is 2.30. The largest absolute Gasteiger partial charge is 0.490 e. The molecule has 8 heteroatoms. The first-order valence-electron chi connectivity index (χ1n) is 11.7. The molecule has 0 unspecified atom stereocenters. The molecule has 2 aliphatic heterocycles. The number of amides is 1. The molecule has 4 heterocycles. The first-order chi connectivity index (χ1) is 16.1. The Morgan fingerprint density at radius 2 is 1.94 bits per heavy atom. The number of piperidine rings is 1. The van der Waals surface area contributed by atoms with E-state index in [1.807, 2.05) is 17.0 Å². The summed E-state index contributed by atoms with van der Waals surface area (Å²) in [5.74, 6) is 0.701. The van der Waals surface area contributed by atoms with Gasteiger partial charge in [-0.25, -0.2) is 9.37 Å². The Balaban J connectivity index is 1.17. The minimum absolute atomic E-state index is 0.0347. The van der Waals surface area contributed by atoms with Crippen molar-refractivity contribution in [2.45, 2.75) is 43.6 Å². The Hall–Kier alpha value is -3.13. The molecule has 6 rings (SSSR count). The molecule has 3 aliphatic rings. The molecule has 7 nitrogen and oxygen atoms in total. The number of hydrogen-bond acceptors (Lipinski definition) is 5. The monoisotopic (exact) mass is 450 g/mol. The quantitative estimate of drug-likeness (QED) is 0.574. The number of fused-ring (bicyclic) bond motifs is 1. The lowest BCUT2D eigenvalue weighted by Crippen LogP contribution is -2.38. The van der Waals surface area contributed by atoms with Gasteiger partial charge < -0.3 is 25.1 Å². The van der Waals surface area contributed by atoms with Crippen molar-refractivity contribution in [3.05, 3.63) is 53.1 Å². The third-order valence-electron chi connectivity index (χ3n) is 7.02. The van der Waals surface area contributed by atoms with Gasteiger partial charge in [0.05, 0.1) is 31.1 Å². The van der Waals surface area contributed by atoms with Gasteiger partial charge in [-0.1, -0.05) is 0 Å². The van der Waals surface area contributed by atoms with E-state index in [2.05, 4.69) is 9.97 Å².